The van der Waals surface area contributed by atoms with E-state index in [0.717, 1.165) is 28.3 Å². The van der Waals surface area contributed by atoms with Crippen LogP contribution in [-0.2, 0) is 19.5 Å². The highest BCUT2D eigenvalue weighted by molar-refractivity contribution is 5.95. The first-order valence-corrected chi connectivity index (χ1v) is 11.1. The summed E-state index contributed by atoms with van der Waals surface area (Å²) >= 11 is 0. The van der Waals surface area contributed by atoms with Crippen molar-refractivity contribution in [3.8, 4) is 22.4 Å². The van der Waals surface area contributed by atoms with E-state index >= 15 is 4.39 Å². The number of nitrogens with zero attached hydrogens (tertiary/aromatic N) is 6. The van der Waals surface area contributed by atoms with E-state index in [1.807, 2.05) is 19.9 Å². The minimum Gasteiger partial charge on any atom is -0.384 e. The molecule has 0 saturated heterocycles. The lowest BCUT2D eigenvalue weighted by Crippen LogP contribution is -2.39. The fourth-order valence-corrected chi connectivity index (χ4v) is 4.36. The predicted octanol–water partition coefficient (Wildman–Crippen LogP) is 3.65. The Morgan fingerprint density at radius 1 is 1.06 bits per heavy atom. The number of hydrogen-bond donors (Lipinski definition) is 1. The number of fused-ring (bicyclic) bond motifs is 1. The van der Waals surface area contributed by atoms with E-state index in [9.17, 15) is 4.79 Å². The van der Waals surface area contributed by atoms with Gasteiger partial charge in [-0.15, -0.1) is 0 Å². The van der Waals surface area contributed by atoms with Gasteiger partial charge in [0.1, 0.15) is 23.8 Å². The molecule has 1 amide bonds. The number of anilines is 1. The molecule has 172 valence electrons. The molecule has 0 atom stereocenters. The summed E-state index contributed by atoms with van der Waals surface area (Å²) in [7, 11) is 0. The van der Waals surface area contributed by atoms with Gasteiger partial charge in [-0.25, -0.2) is 24.3 Å². The Kier molecular flexibility index (Phi) is 5.53. The van der Waals surface area contributed by atoms with Crippen LogP contribution in [-0.4, -0.2) is 41.9 Å². The molecule has 0 aliphatic carbocycles. The number of amides is 1. The van der Waals surface area contributed by atoms with Crippen LogP contribution in [0.2, 0.25) is 0 Å². The van der Waals surface area contributed by atoms with Crippen LogP contribution in [0.3, 0.4) is 0 Å². The number of carbonyl (C=O) groups is 1. The van der Waals surface area contributed by atoms with Crippen molar-refractivity contribution in [2.45, 2.75) is 33.4 Å². The van der Waals surface area contributed by atoms with E-state index in [-0.39, 0.29) is 11.5 Å². The zero-order chi connectivity index (χ0) is 23.8. The minimum absolute atomic E-state index is 0.0287. The number of nitrogen functional groups attached to an aromatic ring is 1. The molecule has 0 radical (unpaired) electrons. The van der Waals surface area contributed by atoms with E-state index in [4.69, 9.17) is 5.73 Å². The minimum atomic E-state index is -0.592. The quantitative estimate of drug-likeness (QED) is 0.502. The Bertz CT molecular complexity index is 1380. The van der Waals surface area contributed by atoms with Gasteiger partial charge in [0.05, 0.1) is 23.5 Å². The van der Waals surface area contributed by atoms with E-state index in [1.165, 1.54) is 18.5 Å². The molecule has 0 spiro atoms. The van der Waals surface area contributed by atoms with Crippen LogP contribution < -0.4 is 5.73 Å². The van der Waals surface area contributed by atoms with Crippen LogP contribution in [0.1, 0.15) is 34.5 Å². The summed E-state index contributed by atoms with van der Waals surface area (Å²) in [6, 6.07) is 8.16. The number of aromatic nitrogens is 5. The summed E-state index contributed by atoms with van der Waals surface area (Å²) in [4.78, 5) is 32.1. The van der Waals surface area contributed by atoms with E-state index in [2.05, 4.69) is 24.5 Å². The summed E-state index contributed by atoms with van der Waals surface area (Å²) < 4.78 is 17.4. The van der Waals surface area contributed by atoms with Crippen molar-refractivity contribution < 1.29 is 9.18 Å². The summed E-state index contributed by atoms with van der Waals surface area (Å²) in [6.45, 7) is 5.48. The molecule has 1 aliphatic rings. The molecule has 9 heteroatoms. The van der Waals surface area contributed by atoms with E-state index < -0.39 is 5.82 Å². The van der Waals surface area contributed by atoms with Crippen LogP contribution in [0.15, 0.2) is 49.1 Å². The largest absolute Gasteiger partial charge is 0.384 e. The number of aryl methyl sites for hydroxylation is 2. The van der Waals surface area contributed by atoms with E-state index in [0.29, 0.717) is 43.1 Å². The molecule has 0 bridgehead atoms. The number of imidazole rings is 1. The number of rotatable bonds is 4. The zero-order valence-electron chi connectivity index (χ0n) is 19.0. The first kappa shape index (κ1) is 21.7. The number of carbonyl (C=O) groups excluding carboxylic acids is 1. The van der Waals surface area contributed by atoms with Gasteiger partial charge in [-0.3, -0.25) is 4.79 Å². The Labute approximate surface area is 196 Å². The maximum atomic E-state index is 15.3. The van der Waals surface area contributed by atoms with Gasteiger partial charge in [0.15, 0.2) is 0 Å². The number of halogens is 1. The van der Waals surface area contributed by atoms with Crippen LogP contribution in [0.4, 0.5) is 10.2 Å². The molecule has 1 aliphatic heterocycles. The first-order chi connectivity index (χ1) is 16.5. The average Bonchev–Trinajstić information content (AvgIpc) is 3.23. The SMILES string of the molecule is CCc1ncnc(-c2ccc(C(=O)N3CCn4c(C)cnc4C3)c(F)c2)c1-c1ccc(N)nc1. The molecule has 3 aromatic heterocycles. The fourth-order valence-electron chi connectivity index (χ4n) is 4.36. The van der Waals surface area contributed by atoms with Gasteiger partial charge in [-0.1, -0.05) is 13.0 Å². The van der Waals surface area contributed by atoms with Gasteiger partial charge in [-0.05, 0) is 37.6 Å². The van der Waals surface area contributed by atoms with Gasteiger partial charge < -0.3 is 15.2 Å². The van der Waals surface area contributed by atoms with Crippen molar-refractivity contribution in [2.24, 2.45) is 0 Å². The Morgan fingerprint density at radius 2 is 1.88 bits per heavy atom. The maximum absolute atomic E-state index is 15.3. The Morgan fingerprint density at radius 3 is 2.62 bits per heavy atom. The first-order valence-electron chi connectivity index (χ1n) is 11.1. The molecule has 0 unspecified atom stereocenters. The fraction of sp³-hybridized carbons (Fsp3) is 0.240. The van der Waals surface area contributed by atoms with Gasteiger partial charge in [0.25, 0.3) is 5.91 Å². The van der Waals surface area contributed by atoms with Crippen molar-refractivity contribution in [2.75, 3.05) is 12.3 Å². The normalized spacial score (nSPS) is 13.1. The molecule has 4 aromatic rings. The van der Waals surface area contributed by atoms with Crippen LogP contribution in [0.25, 0.3) is 22.4 Å². The summed E-state index contributed by atoms with van der Waals surface area (Å²) in [5, 5.41) is 0. The molecule has 0 saturated carbocycles. The lowest BCUT2D eigenvalue weighted by molar-refractivity contribution is 0.0702. The maximum Gasteiger partial charge on any atom is 0.257 e. The highest BCUT2D eigenvalue weighted by atomic mass is 19.1. The molecular weight excluding hydrogens is 433 g/mol. The molecule has 5 rings (SSSR count). The smallest absolute Gasteiger partial charge is 0.257 e. The van der Waals surface area contributed by atoms with Crippen molar-refractivity contribution in [1.29, 1.82) is 0 Å². The van der Waals surface area contributed by atoms with Crippen molar-refractivity contribution in [3.63, 3.8) is 0 Å². The number of pyridine rings is 1. The third-order valence-corrected chi connectivity index (χ3v) is 6.16. The third kappa shape index (κ3) is 3.79. The molecule has 1 aromatic carbocycles. The van der Waals surface area contributed by atoms with E-state index in [1.54, 1.807) is 29.4 Å². The second-order valence-electron chi connectivity index (χ2n) is 8.26. The zero-order valence-corrected chi connectivity index (χ0v) is 19.0. The van der Waals surface area contributed by atoms with Gasteiger partial charge in [-0.2, -0.15) is 0 Å². The lowest BCUT2D eigenvalue weighted by atomic mass is 9.96. The number of benzene rings is 1. The monoisotopic (exact) mass is 457 g/mol. The predicted molar refractivity (Wildman–Crippen MR) is 126 cm³/mol. The van der Waals surface area contributed by atoms with Crippen LogP contribution in [0, 0.1) is 12.7 Å². The van der Waals surface area contributed by atoms with Gasteiger partial charge in [0.2, 0.25) is 0 Å². The van der Waals surface area contributed by atoms with Crippen molar-refractivity contribution in [3.05, 3.63) is 77.6 Å². The van der Waals surface area contributed by atoms with Gasteiger partial charge in [0, 0.05) is 47.9 Å². The molecule has 0 fully saturated rings. The Balaban J connectivity index is 1.49. The van der Waals surface area contributed by atoms with Crippen molar-refractivity contribution in [1.82, 2.24) is 29.4 Å². The lowest BCUT2D eigenvalue weighted by Gasteiger charge is -2.28. The summed E-state index contributed by atoms with van der Waals surface area (Å²) in [6.07, 6.45) is 5.59. The molecule has 2 N–H and O–H groups in total. The Hall–Kier alpha value is -4.14. The van der Waals surface area contributed by atoms with Gasteiger partial charge >= 0.3 is 0 Å². The third-order valence-electron chi connectivity index (χ3n) is 6.16. The topological polar surface area (TPSA) is 103 Å². The summed E-state index contributed by atoms with van der Waals surface area (Å²) in [5.74, 6) is 0.273. The molecule has 8 nitrogen and oxygen atoms in total. The molecule has 4 heterocycles. The summed E-state index contributed by atoms with van der Waals surface area (Å²) in [5.41, 5.74) is 10.3. The second-order valence-corrected chi connectivity index (χ2v) is 8.26. The molecular formula is C25H24FN7O. The van der Waals surface area contributed by atoms with Crippen LogP contribution >= 0.6 is 0 Å². The standard InChI is InChI=1S/C25H24FN7O/c1-3-20-23(17-5-7-21(27)28-12-17)24(31-14-30-20)16-4-6-18(19(26)10-16)25(34)32-8-9-33-15(2)11-29-22(33)13-32/h4-7,10-12,14H,3,8-9,13H2,1-2H3,(H2,27,28). The highest BCUT2D eigenvalue weighted by Gasteiger charge is 2.26. The number of hydrogen-bond acceptors (Lipinski definition) is 6. The van der Waals surface area contributed by atoms with Crippen molar-refractivity contribution >= 4 is 11.7 Å². The second kappa shape index (κ2) is 8.66. The van der Waals surface area contributed by atoms with Crippen LogP contribution in [0.5, 0.6) is 0 Å². The highest BCUT2D eigenvalue weighted by Crippen LogP contribution is 2.33. The number of nitrogens with two attached hydrogens (primary N) is 1. The molecule has 34 heavy (non-hydrogen) atoms. The average molecular weight is 458 g/mol.